The third kappa shape index (κ3) is 18.4. The van der Waals surface area contributed by atoms with Crippen LogP contribution in [0.2, 0.25) is 0 Å². The number of nitrogens with zero attached hydrogens (tertiary/aromatic N) is 6. The number of anilines is 2. The number of methoxy groups -OCH3 is 1. The van der Waals surface area contributed by atoms with Crippen molar-refractivity contribution >= 4 is 94.7 Å². The van der Waals surface area contributed by atoms with Gasteiger partial charge in [0, 0.05) is 50.8 Å². The van der Waals surface area contributed by atoms with E-state index >= 15 is 0 Å². The van der Waals surface area contributed by atoms with Crippen molar-refractivity contribution in [3.05, 3.63) is 83.2 Å². The number of aryl methyl sites for hydroxylation is 2. The van der Waals surface area contributed by atoms with Crippen LogP contribution in [-0.4, -0.2) is 122 Å². The van der Waals surface area contributed by atoms with Gasteiger partial charge in [0.2, 0.25) is 10.7 Å². The van der Waals surface area contributed by atoms with Crippen LogP contribution in [0, 0.1) is 30.5 Å². The number of halogens is 4. The number of benzene rings is 2. The minimum Gasteiger partial charge on any atom is -0.481 e. The standard InChI is InChI=1S/C18H17FN4O2S.C15H22ClNO2.C8H11Cl2NO.C3H8NO5P/c1-4-5-22-13-7-12(11(19)6-14(13)25-9-16(22)24)20-17-23-10-18(2,3)8-15(23)21-26-17;1-5-13-8-6-7-11(2)15(13)17(14(18)9-16)12(3)10-19-4;1-3-5-11(6-4-2)8(12)7(9)10;5-3(6)1-4-2-10(7,8)9/h1,6-7H,5,8-10H2,2-3H3;6-8,12H,5,9-10H2,1-4H3;3-4,7H,1-2,5-6H2;4H,1-2H2,(H,5,6)(H2,7,8,9)/b20-17-;;;. The van der Waals surface area contributed by atoms with Gasteiger partial charge >= 0.3 is 13.6 Å². The van der Waals surface area contributed by atoms with Crippen molar-refractivity contribution in [1.29, 1.82) is 0 Å². The van der Waals surface area contributed by atoms with E-state index in [0.29, 0.717) is 35.9 Å². The van der Waals surface area contributed by atoms with Crippen molar-refractivity contribution < 1.29 is 52.5 Å². The summed E-state index contributed by atoms with van der Waals surface area (Å²) in [4.78, 5) is 70.3. The minimum absolute atomic E-state index is 0.0223. The van der Waals surface area contributed by atoms with E-state index in [-0.39, 0.29) is 53.9 Å². The van der Waals surface area contributed by atoms with Crippen LogP contribution in [0.5, 0.6) is 5.75 Å². The van der Waals surface area contributed by atoms with E-state index in [0.717, 1.165) is 42.0 Å². The molecule has 0 bridgehead atoms. The lowest BCUT2D eigenvalue weighted by Gasteiger charge is -2.31. The second-order valence-electron chi connectivity index (χ2n) is 15.6. The van der Waals surface area contributed by atoms with Gasteiger partial charge in [0.15, 0.2) is 17.3 Å². The molecule has 4 N–H and O–H groups in total. The molecule has 2 aliphatic heterocycles. The number of nitrogens with one attached hydrogen (secondary N) is 1. The fourth-order valence-electron chi connectivity index (χ4n) is 6.58. The van der Waals surface area contributed by atoms with E-state index in [4.69, 9.17) is 65.6 Å². The number of rotatable bonds is 17. The highest BCUT2D eigenvalue weighted by atomic mass is 35.5. The van der Waals surface area contributed by atoms with Crippen molar-refractivity contribution in [2.24, 2.45) is 10.4 Å². The summed E-state index contributed by atoms with van der Waals surface area (Å²) >= 11 is 17.8. The lowest BCUT2D eigenvalue weighted by Crippen LogP contribution is -2.43. The Labute approximate surface area is 409 Å². The average molecular weight is 1030 g/mol. The Morgan fingerprint density at radius 3 is 2.42 bits per heavy atom. The zero-order valence-electron chi connectivity index (χ0n) is 38.2. The number of fused-ring (bicyclic) bond motifs is 2. The van der Waals surface area contributed by atoms with Crippen molar-refractivity contribution in [3.8, 4) is 18.1 Å². The molecule has 2 aromatic carbocycles. The predicted molar refractivity (Wildman–Crippen MR) is 261 cm³/mol. The summed E-state index contributed by atoms with van der Waals surface area (Å²) in [5.41, 5.74) is 3.89. The van der Waals surface area contributed by atoms with E-state index in [1.807, 2.05) is 30.5 Å². The summed E-state index contributed by atoms with van der Waals surface area (Å²) < 4.78 is 41.6. The van der Waals surface area contributed by atoms with Gasteiger partial charge in [0.25, 0.3) is 11.8 Å². The van der Waals surface area contributed by atoms with Gasteiger partial charge in [-0.3, -0.25) is 34.0 Å². The van der Waals surface area contributed by atoms with Gasteiger partial charge in [0.1, 0.15) is 23.1 Å². The first-order valence-electron chi connectivity index (χ1n) is 20.5. The van der Waals surface area contributed by atoms with Crippen molar-refractivity contribution in [1.82, 2.24) is 19.2 Å². The molecule has 0 fully saturated rings. The predicted octanol–water partition coefficient (Wildman–Crippen LogP) is 6.21. The van der Waals surface area contributed by atoms with E-state index in [1.54, 1.807) is 24.2 Å². The Balaban J connectivity index is 0.000000331. The summed E-state index contributed by atoms with van der Waals surface area (Å²) in [6.45, 7) is 19.1. The SMILES string of the molecule is C#CCN1C(=O)COc2cc(F)c(/N=c3\snc4n3CC(C)(C)C4)cc21.C=CCN(CC=C)C(=O)C(Cl)Cl.CCc1cccc(C)c1N(C(=O)CCl)C(C)COC.O=C(O)CNCP(=O)(O)O. The summed E-state index contributed by atoms with van der Waals surface area (Å²) in [5, 5.41) is 10.1. The number of aliphatic carboxylic acids is 1. The van der Waals surface area contributed by atoms with Crippen LogP contribution >= 0.6 is 53.9 Å². The monoisotopic (exact) mass is 1030 g/mol. The molecule has 23 heteroatoms. The van der Waals surface area contributed by atoms with Gasteiger partial charge in [-0.25, -0.2) is 9.38 Å². The first-order chi connectivity index (χ1) is 31.5. The minimum atomic E-state index is -4.10. The van der Waals surface area contributed by atoms with Crippen LogP contribution < -0.4 is 24.7 Å². The van der Waals surface area contributed by atoms with Crippen LogP contribution in [-0.2, 0) is 47.9 Å². The summed E-state index contributed by atoms with van der Waals surface area (Å²) in [6.07, 6.45) is 9.71. The highest BCUT2D eigenvalue weighted by molar-refractivity contribution is 7.51. The number of para-hydroxylation sites is 1. The Kier molecular flexibility index (Phi) is 24.5. The molecule has 0 spiro atoms. The molecule has 17 nitrogen and oxygen atoms in total. The lowest BCUT2D eigenvalue weighted by atomic mass is 9.92. The molecule has 1 atom stereocenters. The second kappa shape index (κ2) is 28.0. The van der Waals surface area contributed by atoms with Crippen LogP contribution in [0.4, 0.5) is 21.5 Å². The number of hydrogen-bond donors (Lipinski definition) is 4. The van der Waals surface area contributed by atoms with E-state index in [1.165, 1.54) is 33.5 Å². The van der Waals surface area contributed by atoms with Crippen molar-refractivity contribution in [3.63, 3.8) is 0 Å². The zero-order chi connectivity index (χ0) is 50.6. The third-order valence-electron chi connectivity index (χ3n) is 9.40. The molecule has 0 saturated carbocycles. The molecule has 67 heavy (non-hydrogen) atoms. The highest BCUT2D eigenvalue weighted by Crippen LogP contribution is 2.38. The van der Waals surface area contributed by atoms with E-state index < -0.39 is 37.0 Å². The number of aromatic nitrogens is 2. The molecule has 0 saturated heterocycles. The van der Waals surface area contributed by atoms with E-state index in [2.05, 4.69) is 60.6 Å². The third-order valence-corrected chi connectivity index (χ3v) is 11.4. The molecule has 3 aromatic rings. The summed E-state index contributed by atoms with van der Waals surface area (Å²) in [7, 11) is -2.46. The van der Waals surface area contributed by atoms with Crippen LogP contribution in [0.1, 0.15) is 44.6 Å². The fourth-order valence-corrected chi connectivity index (χ4v) is 8.15. The van der Waals surface area contributed by atoms with Gasteiger partial charge in [-0.2, -0.15) is 4.37 Å². The molecule has 5 rings (SSSR count). The normalized spacial score (nSPS) is 14.0. The summed E-state index contributed by atoms with van der Waals surface area (Å²) in [5.74, 6) is 1.35. The number of carbonyl (C=O) groups is 4. The Morgan fingerprint density at radius 1 is 1.22 bits per heavy atom. The van der Waals surface area contributed by atoms with E-state index in [9.17, 15) is 28.1 Å². The molecular weight excluding hydrogens is 975 g/mol. The molecule has 1 unspecified atom stereocenters. The molecule has 3 heterocycles. The number of alkyl halides is 3. The van der Waals surface area contributed by atoms with Crippen LogP contribution in [0.15, 0.2) is 60.6 Å². The Bertz CT molecular complexity index is 2360. The molecule has 3 amide bonds. The molecule has 368 valence electrons. The molecule has 0 aliphatic carbocycles. The number of carbonyl (C=O) groups excluding carboxylic acids is 3. The number of carboxylic acid groups (broad SMARTS) is 1. The highest BCUT2D eigenvalue weighted by Gasteiger charge is 2.32. The maximum Gasteiger partial charge on any atom is 0.339 e. The van der Waals surface area contributed by atoms with Gasteiger partial charge in [-0.15, -0.1) is 31.2 Å². The fraction of sp³-hybridized carbons (Fsp3) is 0.455. The first kappa shape index (κ1) is 58.5. The summed E-state index contributed by atoms with van der Waals surface area (Å²) in [6, 6.07) is 8.80. The quantitative estimate of drug-likeness (QED) is 0.0514. The number of amides is 3. The molecule has 1 aromatic heterocycles. The molecular formula is C44H58Cl3FN7O10PS. The second-order valence-corrected chi connectivity index (χ2v) is 19.3. The maximum atomic E-state index is 14.5. The molecule has 0 radical (unpaired) electrons. The van der Waals surface area contributed by atoms with Crippen molar-refractivity contribution in [2.45, 2.75) is 64.9 Å². The Morgan fingerprint density at radius 2 is 1.88 bits per heavy atom. The largest absolute Gasteiger partial charge is 0.481 e. The van der Waals surface area contributed by atoms with Crippen molar-refractivity contribution in [2.75, 3.05) is 68.5 Å². The lowest BCUT2D eigenvalue weighted by molar-refractivity contribution is -0.136. The van der Waals surface area contributed by atoms with Gasteiger partial charge in [-0.05, 0) is 42.9 Å². The number of terminal acetylenes is 1. The van der Waals surface area contributed by atoms with Gasteiger partial charge in [-0.1, -0.05) is 80.2 Å². The number of ether oxygens (including phenoxy) is 2. The van der Waals surface area contributed by atoms with Gasteiger partial charge < -0.3 is 38.7 Å². The van der Waals surface area contributed by atoms with Crippen LogP contribution in [0.3, 0.4) is 0 Å². The first-order valence-corrected chi connectivity index (χ1v) is 24.5. The zero-order valence-corrected chi connectivity index (χ0v) is 42.2. The number of hydrogen-bond acceptors (Lipinski definition) is 11. The molecule has 2 aliphatic rings. The van der Waals surface area contributed by atoms with Gasteiger partial charge in [0.05, 0.1) is 43.4 Å². The van der Waals surface area contributed by atoms with Crippen LogP contribution in [0.25, 0.3) is 0 Å². The Hall–Kier alpha value is -4.61. The average Bonchev–Trinajstić information content (AvgIpc) is 3.77. The topological polar surface area (TPSA) is 216 Å². The number of carboxylic acids is 1. The smallest absolute Gasteiger partial charge is 0.339 e. The maximum absolute atomic E-state index is 14.5.